The highest BCUT2D eigenvalue weighted by molar-refractivity contribution is 6.05. The van der Waals surface area contributed by atoms with Crippen LogP contribution in [0, 0.1) is 11.6 Å². The van der Waals surface area contributed by atoms with E-state index in [1.54, 1.807) is 12.1 Å². The Hall–Kier alpha value is -2.75. The Kier molecular flexibility index (Phi) is 3.36. The van der Waals surface area contributed by atoms with E-state index >= 15 is 0 Å². The van der Waals surface area contributed by atoms with E-state index < -0.39 is 17.5 Å². The summed E-state index contributed by atoms with van der Waals surface area (Å²) in [5, 5.41) is 4.62. The molecule has 1 amide bonds. The number of carbonyl (C=O) groups excluding carboxylic acids is 1. The molecule has 0 aliphatic carbocycles. The maximum Gasteiger partial charge on any atom is 0.258 e. The molecule has 0 unspecified atom stereocenters. The lowest BCUT2D eigenvalue weighted by molar-refractivity contribution is 0.102. The second kappa shape index (κ2) is 5.32. The molecular weight excluding hydrogens is 272 g/mol. The quantitative estimate of drug-likeness (QED) is 0.743. The molecule has 0 aromatic heterocycles. The Bertz CT molecular complexity index is 830. The van der Waals surface area contributed by atoms with Gasteiger partial charge in [-0.3, -0.25) is 4.79 Å². The summed E-state index contributed by atoms with van der Waals surface area (Å²) in [6, 6.07) is 16.0. The van der Waals surface area contributed by atoms with Crippen molar-refractivity contribution in [1.82, 2.24) is 0 Å². The summed E-state index contributed by atoms with van der Waals surface area (Å²) in [7, 11) is 0. The predicted octanol–water partition coefficient (Wildman–Crippen LogP) is 4.37. The first-order chi connectivity index (χ1) is 10.1. The van der Waals surface area contributed by atoms with Gasteiger partial charge in [0, 0.05) is 11.8 Å². The largest absolute Gasteiger partial charge is 0.322 e. The number of rotatable bonds is 2. The van der Waals surface area contributed by atoms with Crippen LogP contribution in [-0.4, -0.2) is 5.91 Å². The summed E-state index contributed by atoms with van der Waals surface area (Å²) < 4.78 is 26.4. The van der Waals surface area contributed by atoms with Crippen molar-refractivity contribution < 1.29 is 13.6 Å². The van der Waals surface area contributed by atoms with Crippen LogP contribution in [0.3, 0.4) is 0 Å². The zero-order chi connectivity index (χ0) is 14.8. The van der Waals surface area contributed by atoms with Gasteiger partial charge in [-0.15, -0.1) is 0 Å². The molecule has 2 nitrogen and oxygen atoms in total. The minimum atomic E-state index is -0.881. The predicted molar refractivity (Wildman–Crippen MR) is 78.3 cm³/mol. The fourth-order valence-corrected chi connectivity index (χ4v) is 2.14. The summed E-state index contributed by atoms with van der Waals surface area (Å²) in [5.74, 6) is -2.20. The lowest BCUT2D eigenvalue weighted by atomic mass is 10.1. The monoisotopic (exact) mass is 283 g/mol. The molecule has 0 bridgehead atoms. The molecule has 0 spiro atoms. The molecule has 3 rings (SSSR count). The lowest BCUT2D eigenvalue weighted by Crippen LogP contribution is -2.13. The average Bonchev–Trinajstić information content (AvgIpc) is 2.47. The Labute approximate surface area is 120 Å². The summed E-state index contributed by atoms with van der Waals surface area (Å²) >= 11 is 0. The summed E-state index contributed by atoms with van der Waals surface area (Å²) in [4.78, 5) is 12.0. The number of anilines is 1. The van der Waals surface area contributed by atoms with Crippen LogP contribution in [0.4, 0.5) is 14.5 Å². The summed E-state index contributed by atoms with van der Waals surface area (Å²) in [6.45, 7) is 0. The van der Waals surface area contributed by atoms with Crippen molar-refractivity contribution in [2.24, 2.45) is 0 Å². The minimum absolute atomic E-state index is 0.190. The van der Waals surface area contributed by atoms with E-state index in [0.29, 0.717) is 11.8 Å². The topological polar surface area (TPSA) is 29.1 Å². The molecule has 0 aliphatic heterocycles. The molecule has 21 heavy (non-hydrogen) atoms. The highest BCUT2D eigenvalue weighted by Gasteiger charge is 2.12. The Morgan fingerprint density at radius 2 is 1.62 bits per heavy atom. The lowest BCUT2D eigenvalue weighted by Gasteiger charge is -2.07. The Morgan fingerprint density at radius 3 is 2.38 bits per heavy atom. The summed E-state index contributed by atoms with van der Waals surface area (Å²) in [6.07, 6.45) is 0. The maximum atomic E-state index is 13.6. The van der Waals surface area contributed by atoms with Gasteiger partial charge >= 0.3 is 0 Å². The van der Waals surface area contributed by atoms with E-state index in [1.165, 1.54) is 0 Å². The van der Waals surface area contributed by atoms with Crippen LogP contribution in [0.1, 0.15) is 10.4 Å². The fourth-order valence-electron chi connectivity index (χ4n) is 2.14. The van der Waals surface area contributed by atoms with Gasteiger partial charge in [-0.1, -0.05) is 30.3 Å². The van der Waals surface area contributed by atoms with Gasteiger partial charge in [0.05, 0.1) is 5.56 Å². The van der Waals surface area contributed by atoms with E-state index in [1.807, 2.05) is 30.3 Å². The normalized spacial score (nSPS) is 10.6. The van der Waals surface area contributed by atoms with E-state index in [9.17, 15) is 13.6 Å². The fraction of sp³-hybridized carbons (Fsp3) is 0. The molecule has 0 radical (unpaired) electrons. The zero-order valence-corrected chi connectivity index (χ0v) is 10.9. The third-order valence-electron chi connectivity index (χ3n) is 3.18. The van der Waals surface area contributed by atoms with Gasteiger partial charge in [0.25, 0.3) is 5.91 Å². The van der Waals surface area contributed by atoms with Crippen molar-refractivity contribution in [1.29, 1.82) is 0 Å². The first-order valence-corrected chi connectivity index (χ1v) is 6.39. The van der Waals surface area contributed by atoms with Crippen molar-refractivity contribution in [3.63, 3.8) is 0 Å². The van der Waals surface area contributed by atoms with Gasteiger partial charge in [-0.25, -0.2) is 8.78 Å². The molecule has 0 saturated carbocycles. The molecule has 3 aromatic rings. The average molecular weight is 283 g/mol. The number of hydrogen-bond donors (Lipinski definition) is 1. The molecule has 3 aromatic carbocycles. The van der Waals surface area contributed by atoms with Crippen LogP contribution >= 0.6 is 0 Å². The molecule has 1 N–H and O–H groups in total. The smallest absolute Gasteiger partial charge is 0.258 e. The van der Waals surface area contributed by atoms with Gasteiger partial charge in [-0.05, 0) is 35.0 Å². The van der Waals surface area contributed by atoms with Crippen molar-refractivity contribution in [2.45, 2.75) is 0 Å². The molecular formula is C17H11F2NO. The van der Waals surface area contributed by atoms with E-state index in [4.69, 9.17) is 0 Å². The number of fused-ring (bicyclic) bond motifs is 1. The van der Waals surface area contributed by atoms with Gasteiger partial charge in [0.1, 0.15) is 11.6 Å². The van der Waals surface area contributed by atoms with Gasteiger partial charge in [0.15, 0.2) is 0 Å². The highest BCUT2D eigenvalue weighted by atomic mass is 19.1. The molecule has 104 valence electrons. The van der Waals surface area contributed by atoms with Crippen LogP contribution in [0.2, 0.25) is 0 Å². The first-order valence-electron chi connectivity index (χ1n) is 6.39. The Balaban J connectivity index is 1.89. The molecule has 0 aliphatic rings. The van der Waals surface area contributed by atoms with E-state index in [2.05, 4.69) is 5.32 Å². The zero-order valence-electron chi connectivity index (χ0n) is 10.9. The van der Waals surface area contributed by atoms with Crippen molar-refractivity contribution in [3.8, 4) is 0 Å². The number of benzene rings is 3. The number of nitrogens with one attached hydrogen (secondary N) is 1. The second-order valence-corrected chi connectivity index (χ2v) is 4.64. The van der Waals surface area contributed by atoms with Crippen molar-refractivity contribution in [2.75, 3.05) is 5.32 Å². The van der Waals surface area contributed by atoms with E-state index in [0.717, 1.165) is 22.9 Å². The van der Waals surface area contributed by atoms with Crippen LogP contribution < -0.4 is 5.32 Å². The third kappa shape index (κ3) is 2.74. The molecule has 0 heterocycles. The number of amides is 1. The van der Waals surface area contributed by atoms with Crippen molar-refractivity contribution in [3.05, 3.63) is 77.9 Å². The van der Waals surface area contributed by atoms with Gasteiger partial charge in [0.2, 0.25) is 0 Å². The molecule has 0 saturated heterocycles. The number of hydrogen-bond acceptors (Lipinski definition) is 1. The van der Waals surface area contributed by atoms with Crippen LogP contribution in [0.5, 0.6) is 0 Å². The van der Waals surface area contributed by atoms with Crippen molar-refractivity contribution >= 4 is 22.4 Å². The van der Waals surface area contributed by atoms with Crippen LogP contribution in [-0.2, 0) is 0 Å². The SMILES string of the molecule is O=C(Nc1ccc2ccccc2c1)c1ccc(F)cc1F. The summed E-state index contributed by atoms with van der Waals surface area (Å²) in [5.41, 5.74) is 0.368. The van der Waals surface area contributed by atoms with Gasteiger partial charge < -0.3 is 5.32 Å². The maximum absolute atomic E-state index is 13.6. The van der Waals surface area contributed by atoms with Gasteiger partial charge in [-0.2, -0.15) is 0 Å². The highest BCUT2D eigenvalue weighted by Crippen LogP contribution is 2.20. The molecule has 0 atom stereocenters. The minimum Gasteiger partial charge on any atom is -0.322 e. The molecule has 4 heteroatoms. The number of halogens is 2. The van der Waals surface area contributed by atoms with E-state index in [-0.39, 0.29) is 5.56 Å². The number of carbonyl (C=O) groups is 1. The van der Waals surface area contributed by atoms with Crippen LogP contribution in [0.25, 0.3) is 10.8 Å². The standard InChI is InChI=1S/C17H11F2NO/c18-13-6-8-15(16(19)10-13)17(21)20-14-7-5-11-3-1-2-4-12(11)9-14/h1-10H,(H,20,21). The first kappa shape index (κ1) is 13.2. The van der Waals surface area contributed by atoms with Crippen LogP contribution in [0.15, 0.2) is 60.7 Å². The second-order valence-electron chi connectivity index (χ2n) is 4.64. The third-order valence-corrected chi connectivity index (χ3v) is 3.18. The molecule has 0 fully saturated rings. The Morgan fingerprint density at radius 1 is 0.857 bits per heavy atom.